The summed E-state index contributed by atoms with van der Waals surface area (Å²) in [5.74, 6) is -1.30. The van der Waals surface area contributed by atoms with Gasteiger partial charge in [-0.05, 0) is 30.7 Å². The third kappa shape index (κ3) is 5.15. The first-order valence-electron chi connectivity index (χ1n) is 8.74. The molecule has 1 atom stereocenters. The van der Waals surface area contributed by atoms with Gasteiger partial charge in [0.05, 0.1) is 35.9 Å². The number of rotatable bonds is 7. The van der Waals surface area contributed by atoms with Gasteiger partial charge in [0.2, 0.25) is 0 Å². The van der Waals surface area contributed by atoms with E-state index in [0.29, 0.717) is 17.4 Å². The van der Waals surface area contributed by atoms with Crippen LogP contribution in [0.1, 0.15) is 29.7 Å². The van der Waals surface area contributed by atoms with Gasteiger partial charge >= 0.3 is 12.1 Å². The van der Waals surface area contributed by atoms with Crippen molar-refractivity contribution in [3.8, 4) is 0 Å². The van der Waals surface area contributed by atoms with Crippen LogP contribution in [0.5, 0.6) is 0 Å². The molecule has 0 aliphatic heterocycles. The summed E-state index contributed by atoms with van der Waals surface area (Å²) in [6.07, 6.45) is -2.34. The maximum atomic E-state index is 12.9. The summed E-state index contributed by atoms with van der Waals surface area (Å²) in [6.45, 7) is 1.40. The lowest BCUT2D eigenvalue weighted by atomic mass is 9.94. The molecule has 1 heterocycles. The number of carbonyl (C=O) groups excluding carboxylic acids is 1. The van der Waals surface area contributed by atoms with Crippen molar-refractivity contribution < 1.29 is 22.7 Å². The van der Waals surface area contributed by atoms with Gasteiger partial charge in [-0.15, -0.1) is 0 Å². The van der Waals surface area contributed by atoms with Crippen LogP contribution in [0.2, 0.25) is 5.02 Å². The minimum atomic E-state index is -4.59. The van der Waals surface area contributed by atoms with Crippen LogP contribution in [0.4, 0.5) is 18.9 Å². The van der Waals surface area contributed by atoms with E-state index in [1.807, 2.05) is 0 Å². The lowest BCUT2D eigenvalue weighted by Crippen LogP contribution is -2.24. The van der Waals surface area contributed by atoms with E-state index in [0.717, 1.165) is 6.07 Å². The first-order valence-corrected chi connectivity index (χ1v) is 9.11. The Bertz CT molecular complexity index is 964. The van der Waals surface area contributed by atoms with E-state index in [1.165, 1.54) is 7.11 Å². The molecule has 1 unspecified atom stereocenters. The highest BCUT2D eigenvalue weighted by atomic mass is 35.5. The Morgan fingerprint density at radius 1 is 1.37 bits per heavy atom. The van der Waals surface area contributed by atoms with Gasteiger partial charge in [-0.1, -0.05) is 35.0 Å². The molecule has 1 aromatic heterocycles. The van der Waals surface area contributed by atoms with Crippen molar-refractivity contribution in [1.82, 2.24) is 4.98 Å². The minimum absolute atomic E-state index is 0.100. The van der Waals surface area contributed by atoms with Crippen LogP contribution in [0.3, 0.4) is 0 Å². The van der Waals surface area contributed by atoms with Crippen LogP contribution >= 0.6 is 11.6 Å². The number of methoxy groups -OCH3 is 1. The van der Waals surface area contributed by atoms with Crippen molar-refractivity contribution in [2.45, 2.75) is 19.0 Å². The molecule has 0 saturated heterocycles. The van der Waals surface area contributed by atoms with Crippen LogP contribution in [0, 0.1) is 4.91 Å². The molecule has 0 amide bonds. The number of hydrogen-bond acceptors (Lipinski definition) is 6. The molecule has 0 N–H and O–H groups in total. The Morgan fingerprint density at radius 3 is 2.60 bits per heavy atom. The zero-order chi connectivity index (χ0) is 22.5. The van der Waals surface area contributed by atoms with E-state index in [9.17, 15) is 22.9 Å². The average Bonchev–Trinajstić information content (AvgIpc) is 2.72. The Hall–Kier alpha value is -2.94. The smallest absolute Gasteiger partial charge is 0.417 e. The van der Waals surface area contributed by atoms with Gasteiger partial charge in [0, 0.05) is 18.9 Å². The summed E-state index contributed by atoms with van der Waals surface area (Å²) >= 11 is 6.06. The number of anilines is 1. The van der Waals surface area contributed by atoms with Crippen LogP contribution in [-0.2, 0) is 15.7 Å². The second kappa shape index (κ2) is 9.71. The third-order valence-electron chi connectivity index (χ3n) is 4.47. The number of nitroso groups, excluding NO2 is 1. The normalized spacial score (nSPS) is 13.0. The topological polar surface area (TPSA) is 71.9 Å². The summed E-state index contributed by atoms with van der Waals surface area (Å²) in [5.41, 5.74) is 0.533. The number of alkyl halides is 3. The zero-order valence-corrected chi connectivity index (χ0v) is 17.2. The number of hydrogen-bond donors (Lipinski definition) is 0. The summed E-state index contributed by atoms with van der Waals surface area (Å²) in [4.78, 5) is 28.4. The molecule has 30 heavy (non-hydrogen) atoms. The molecule has 10 heteroatoms. The van der Waals surface area contributed by atoms with Crippen molar-refractivity contribution in [1.29, 1.82) is 0 Å². The molecule has 0 spiro atoms. The number of likely N-dealkylation sites (N-methyl/N-ethyl adjacent to an activating group) is 1. The predicted octanol–water partition coefficient (Wildman–Crippen LogP) is 5.17. The number of carbonyl (C=O) groups is 1. The molecule has 2 rings (SSSR count). The van der Waals surface area contributed by atoms with Crippen molar-refractivity contribution >= 4 is 23.3 Å². The van der Waals surface area contributed by atoms with E-state index in [-0.39, 0.29) is 23.0 Å². The fourth-order valence-electron chi connectivity index (χ4n) is 2.93. The number of allylic oxidation sites excluding steroid dienone is 1. The fourth-order valence-corrected chi connectivity index (χ4v) is 3.22. The Labute approximate surface area is 176 Å². The minimum Gasteiger partial charge on any atom is -0.464 e. The number of halogens is 4. The number of benzene rings is 1. The van der Waals surface area contributed by atoms with Gasteiger partial charge in [-0.3, -0.25) is 4.98 Å². The highest BCUT2D eigenvalue weighted by Gasteiger charge is 2.32. The second-order valence-corrected chi connectivity index (χ2v) is 6.68. The van der Waals surface area contributed by atoms with E-state index in [1.54, 1.807) is 49.2 Å². The van der Waals surface area contributed by atoms with Crippen LogP contribution in [0.15, 0.2) is 53.5 Å². The average molecular weight is 442 g/mol. The monoisotopic (exact) mass is 441 g/mol. The zero-order valence-electron chi connectivity index (χ0n) is 16.4. The summed E-state index contributed by atoms with van der Waals surface area (Å²) < 4.78 is 43.5. The van der Waals surface area contributed by atoms with Gasteiger partial charge in [-0.25, -0.2) is 4.79 Å². The predicted molar refractivity (Wildman–Crippen MR) is 107 cm³/mol. The lowest BCUT2D eigenvalue weighted by Gasteiger charge is -2.23. The molecule has 1 aromatic carbocycles. The number of pyridine rings is 1. The fraction of sp³-hybridized carbons (Fsp3) is 0.300. The standard InChI is InChI=1S/C20H19ClF3N3O3/c1-4-17(19(28)30-3)27(2)14-7-5-6-12(8-14)15(11-26-29)18-16(21)9-13(10-25-18)20(22,23)24/h4-10,15H,11H2,1-3H3. The SMILES string of the molecule is CC=C(C(=O)OC)N(C)c1cccc(C(CN=O)c2ncc(C(F)(F)F)cc2Cl)c1. The second-order valence-electron chi connectivity index (χ2n) is 6.27. The molecular weight excluding hydrogens is 423 g/mol. The Balaban J connectivity index is 2.48. The van der Waals surface area contributed by atoms with Gasteiger partial charge < -0.3 is 9.64 Å². The number of nitrogens with zero attached hydrogens (tertiary/aromatic N) is 3. The molecule has 6 nitrogen and oxygen atoms in total. The maximum Gasteiger partial charge on any atom is 0.417 e. The van der Waals surface area contributed by atoms with E-state index >= 15 is 0 Å². The maximum absolute atomic E-state index is 12.9. The molecule has 0 aliphatic rings. The van der Waals surface area contributed by atoms with Crippen molar-refractivity contribution in [2.75, 3.05) is 25.6 Å². The number of ether oxygens (including phenoxy) is 1. The van der Waals surface area contributed by atoms with Crippen molar-refractivity contribution in [3.63, 3.8) is 0 Å². The summed E-state index contributed by atoms with van der Waals surface area (Å²) in [6, 6.07) is 7.53. The number of aromatic nitrogens is 1. The Kier molecular flexibility index (Phi) is 7.55. The molecule has 0 bridgehead atoms. The summed E-state index contributed by atoms with van der Waals surface area (Å²) in [5, 5.41) is 2.68. The van der Waals surface area contributed by atoms with Crippen molar-refractivity contribution in [2.24, 2.45) is 5.18 Å². The molecule has 0 radical (unpaired) electrons. The molecule has 0 aliphatic carbocycles. The van der Waals surface area contributed by atoms with Gasteiger partial charge in [0.15, 0.2) is 0 Å². The Morgan fingerprint density at radius 2 is 2.07 bits per heavy atom. The molecule has 0 fully saturated rings. The molecule has 0 saturated carbocycles. The highest BCUT2D eigenvalue weighted by molar-refractivity contribution is 6.31. The highest BCUT2D eigenvalue weighted by Crippen LogP contribution is 2.35. The van der Waals surface area contributed by atoms with Crippen LogP contribution in [-0.4, -0.2) is 31.7 Å². The summed E-state index contributed by atoms with van der Waals surface area (Å²) in [7, 11) is 2.92. The van der Waals surface area contributed by atoms with Crippen molar-refractivity contribution in [3.05, 3.63) is 75.1 Å². The van der Waals surface area contributed by atoms with Gasteiger partial charge in [0.25, 0.3) is 0 Å². The van der Waals surface area contributed by atoms with E-state index < -0.39 is 23.6 Å². The van der Waals surface area contributed by atoms with Gasteiger partial charge in [0.1, 0.15) is 5.70 Å². The molecular formula is C20H19ClF3N3O3. The lowest BCUT2D eigenvalue weighted by molar-refractivity contribution is -0.138. The number of esters is 1. The van der Waals surface area contributed by atoms with Gasteiger partial charge in [-0.2, -0.15) is 18.1 Å². The van der Waals surface area contributed by atoms with Crippen LogP contribution in [0.25, 0.3) is 0 Å². The largest absolute Gasteiger partial charge is 0.464 e. The first kappa shape index (κ1) is 23.3. The van der Waals surface area contributed by atoms with E-state index in [2.05, 4.69) is 10.2 Å². The van der Waals surface area contributed by atoms with E-state index in [4.69, 9.17) is 16.3 Å². The molecule has 2 aromatic rings. The third-order valence-corrected chi connectivity index (χ3v) is 4.78. The quantitative estimate of drug-likeness (QED) is 0.337. The molecule has 160 valence electrons. The first-order chi connectivity index (χ1) is 14.1. The van der Waals surface area contributed by atoms with Crippen LogP contribution < -0.4 is 4.90 Å².